The summed E-state index contributed by atoms with van der Waals surface area (Å²) < 4.78 is 70.2. The molecule has 1 N–H and O–H groups in total. The molecule has 0 bridgehead atoms. The molecule has 0 saturated heterocycles. The lowest BCUT2D eigenvalue weighted by Crippen LogP contribution is -2.43. The molecule has 0 unspecified atom stereocenters. The van der Waals surface area contributed by atoms with Crippen molar-refractivity contribution in [3.8, 4) is 0 Å². The number of ether oxygens (including phenoxy) is 1. The Hall–Kier alpha value is -2.72. The van der Waals surface area contributed by atoms with Gasteiger partial charge in [0.05, 0.1) is 17.1 Å². The summed E-state index contributed by atoms with van der Waals surface area (Å²) >= 11 is 0. The zero-order valence-corrected chi connectivity index (χ0v) is 17.0. The van der Waals surface area contributed by atoms with E-state index in [1.807, 2.05) is 0 Å². The Balaban J connectivity index is 2.23. The number of benzene rings is 2. The van der Waals surface area contributed by atoms with Gasteiger partial charge in [0, 0.05) is 12.0 Å². The molecule has 0 radical (unpaired) electrons. The minimum Gasteiger partial charge on any atom is -0.465 e. The number of carbonyl (C=O) groups excluding carboxylic acids is 2. The quantitative estimate of drug-likeness (QED) is 0.498. The van der Waals surface area contributed by atoms with Gasteiger partial charge in [0.15, 0.2) is 5.78 Å². The van der Waals surface area contributed by atoms with E-state index in [0.29, 0.717) is 0 Å². The molecule has 162 valence electrons. The van der Waals surface area contributed by atoms with Crippen LogP contribution < -0.4 is 4.72 Å². The van der Waals surface area contributed by atoms with Gasteiger partial charge in [-0.25, -0.2) is 8.42 Å². The second-order valence-corrected chi connectivity index (χ2v) is 8.16. The van der Waals surface area contributed by atoms with Gasteiger partial charge in [0.2, 0.25) is 10.0 Å². The van der Waals surface area contributed by atoms with Crippen LogP contribution in [0.1, 0.15) is 34.8 Å². The zero-order chi connectivity index (χ0) is 22.5. The van der Waals surface area contributed by atoms with Gasteiger partial charge in [0.25, 0.3) is 0 Å². The van der Waals surface area contributed by atoms with E-state index in [0.717, 1.165) is 29.8 Å². The summed E-state index contributed by atoms with van der Waals surface area (Å²) in [6.45, 7) is 3.24. The first kappa shape index (κ1) is 23.6. The maximum Gasteiger partial charge on any atom is 0.416 e. The van der Waals surface area contributed by atoms with Gasteiger partial charge in [-0.15, -0.1) is 0 Å². The Morgan fingerprint density at radius 3 is 2.10 bits per heavy atom. The minimum absolute atomic E-state index is 0.0456. The molecule has 10 heteroatoms. The number of Topliss-reactive ketones (excluding diaryl/α,β-unsaturated/α-hetero) is 1. The van der Waals surface area contributed by atoms with E-state index in [-0.39, 0.29) is 17.1 Å². The van der Waals surface area contributed by atoms with Crippen LogP contribution in [-0.4, -0.2) is 32.8 Å². The minimum atomic E-state index is -4.56. The number of sulfonamides is 1. The Morgan fingerprint density at radius 1 is 1.03 bits per heavy atom. The average molecular weight is 443 g/mol. The third-order valence-electron chi connectivity index (χ3n) is 4.12. The van der Waals surface area contributed by atoms with Crippen molar-refractivity contribution < 1.29 is 35.9 Å². The van der Waals surface area contributed by atoms with Crippen LogP contribution in [0, 0.1) is 6.92 Å². The molecule has 30 heavy (non-hydrogen) atoms. The van der Waals surface area contributed by atoms with Gasteiger partial charge in [-0.2, -0.15) is 17.9 Å². The Kier molecular flexibility index (Phi) is 7.38. The van der Waals surface area contributed by atoms with Crippen molar-refractivity contribution in [3.05, 3.63) is 65.2 Å². The maximum absolute atomic E-state index is 12.7. The van der Waals surface area contributed by atoms with Crippen LogP contribution in [0.4, 0.5) is 13.2 Å². The summed E-state index contributed by atoms with van der Waals surface area (Å²) in [7, 11) is -4.15. The predicted molar refractivity (Wildman–Crippen MR) is 102 cm³/mol. The monoisotopic (exact) mass is 443 g/mol. The molecule has 0 spiro atoms. The molecule has 0 fully saturated rings. The molecule has 2 rings (SSSR count). The number of esters is 1. The standard InChI is InChI=1S/C20H20F3NO5S/c1-3-29-19(26)17(24-30(27,28)16-10-4-13(2)5-11-16)12-18(25)14-6-8-15(9-7-14)20(21,22)23/h4-11,17,24H,3,12H2,1-2H3/t17-/m0/s1. The molecule has 0 aliphatic heterocycles. The van der Waals surface area contributed by atoms with E-state index in [1.54, 1.807) is 19.1 Å². The summed E-state index contributed by atoms with van der Waals surface area (Å²) in [6, 6.07) is 7.72. The molecule has 0 heterocycles. The number of carbonyl (C=O) groups is 2. The number of hydrogen-bond donors (Lipinski definition) is 1. The molecule has 0 amide bonds. The second kappa shape index (κ2) is 9.40. The van der Waals surface area contributed by atoms with Crippen LogP contribution >= 0.6 is 0 Å². The van der Waals surface area contributed by atoms with Gasteiger partial charge in [-0.3, -0.25) is 9.59 Å². The first-order valence-electron chi connectivity index (χ1n) is 8.90. The number of ketones is 1. The number of aryl methyl sites for hydroxylation is 1. The molecule has 0 aliphatic carbocycles. The molecule has 2 aromatic carbocycles. The van der Waals surface area contributed by atoms with E-state index in [9.17, 15) is 31.2 Å². The zero-order valence-electron chi connectivity index (χ0n) is 16.2. The SMILES string of the molecule is CCOC(=O)[C@H](CC(=O)c1ccc(C(F)(F)F)cc1)NS(=O)(=O)c1ccc(C)cc1. The van der Waals surface area contributed by atoms with Gasteiger partial charge in [-0.05, 0) is 38.1 Å². The largest absolute Gasteiger partial charge is 0.465 e. The first-order chi connectivity index (χ1) is 13.9. The molecule has 2 aromatic rings. The van der Waals surface area contributed by atoms with Crippen LogP contribution in [-0.2, 0) is 25.7 Å². The van der Waals surface area contributed by atoms with Crippen LogP contribution in [0.2, 0.25) is 0 Å². The number of halogens is 3. The number of hydrogen-bond acceptors (Lipinski definition) is 5. The summed E-state index contributed by atoms with van der Waals surface area (Å²) in [5, 5.41) is 0. The lowest BCUT2D eigenvalue weighted by atomic mass is 10.0. The number of rotatable bonds is 8. The van der Waals surface area contributed by atoms with Gasteiger partial charge < -0.3 is 4.74 Å². The highest BCUT2D eigenvalue weighted by atomic mass is 32.2. The van der Waals surface area contributed by atoms with Crippen molar-refractivity contribution >= 4 is 21.8 Å². The molecular formula is C20H20F3NO5S. The lowest BCUT2D eigenvalue weighted by Gasteiger charge is -2.17. The summed E-state index contributed by atoms with van der Waals surface area (Å²) in [5.41, 5.74) is -0.193. The Morgan fingerprint density at radius 2 is 1.60 bits per heavy atom. The van der Waals surface area contributed by atoms with Crippen molar-refractivity contribution in [2.45, 2.75) is 37.4 Å². The molecular weight excluding hydrogens is 423 g/mol. The van der Waals surface area contributed by atoms with Crippen molar-refractivity contribution in [2.75, 3.05) is 6.61 Å². The molecule has 1 atom stereocenters. The molecule has 6 nitrogen and oxygen atoms in total. The van der Waals surface area contributed by atoms with Crippen LogP contribution in [0.25, 0.3) is 0 Å². The third-order valence-corrected chi connectivity index (χ3v) is 5.61. The third kappa shape index (κ3) is 6.14. The fourth-order valence-electron chi connectivity index (χ4n) is 2.54. The number of nitrogens with one attached hydrogen (secondary N) is 1. The smallest absolute Gasteiger partial charge is 0.416 e. The second-order valence-electron chi connectivity index (χ2n) is 6.44. The number of alkyl halides is 3. The van der Waals surface area contributed by atoms with Crippen molar-refractivity contribution in [2.24, 2.45) is 0 Å². The lowest BCUT2D eigenvalue weighted by molar-refractivity contribution is -0.145. The fraction of sp³-hybridized carbons (Fsp3) is 0.300. The van der Waals surface area contributed by atoms with Gasteiger partial charge in [-0.1, -0.05) is 29.8 Å². The highest BCUT2D eigenvalue weighted by Gasteiger charge is 2.32. The molecule has 0 saturated carbocycles. The highest BCUT2D eigenvalue weighted by Crippen LogP contribution is 2.29. The van der Waals surface area contributed by atoms with E-state index in [1.165, 1.54) is 19.1 Å². The van der Waals surface area contributed by atoms with Crippen LogP contribution in [0.3, 0.4) is 0 Å². The van der Waals surface area contributed by atoms with Crippen molar-refractivity contribution in [1.82, 2.24) is 4.72 Å². The van der Waals surface area contributed by atoms with E-state index >= 15 is 0 Å². The first-order valence-corrected chi connectivity index (χ1v) is 10.4. The van der Waals surface area contributed by atoms with Gasteiger partial charge in [0.1, 0.15) is 6.04 Å². The van der Waals surface area contributed by atoms with Gasteiger partial charge >= 0.3 is 12.1 Å². The van der Waals surface area contributed by atoms with E-state index < -0.39 is 46.0 Å². The average Bonchev–Trinajstić information content (AvgIpc) is 2.67. The van der Waals surface area contributed by atoms with E-state index in [2.05, 4.69) is 4.72 Å². The summed E-state index contributed by atoms with van der Waals surface area (Å²) in [6.07, 6.45) is -5.17. The van der Waals surface area contributed by atoms with E-state index in [4.69, 9.17) is 4.74 Å². The maximum atomic E-state index is 12.7. The van der Waals surface area contributed by atoms with Crippen LogP contribution in [0.15, 0.2) is 53.4 Å². The summed E-state index contributed by atoms with van der Waals surface area (Å²) in [5.74, 6) is -1.68. The predicted octanol–water partition coefficient (Wildman–Crippen LogP) is 3.50. The normalized spacial score (nSPS) is 13.0. The molecule has 0 aliphatic rings. The Labute approximate surface area is 172 Å². The van der Waals surface area contributed by atoms with Crippen molar-refractivity contribution in [1.29, 1.82) is 0 Å². The Bertz CT molecular complexity index is 1000. The fourth-order valence-corrected chi connectivity index (χ4v) is 3.72. The van der Waals surface area contributed by atoms with Crippen LogP contribution in [0.5, 0.6) is 0 Å². The van der Waals surface area contributed by atoms with Crippen molar-refractivity contribution in [3.63, 3.8) is 0 Å². The molecule has 0 aromatic heterocycles. The summed E-state index contributed by atoms with van der Waals surface area (Å²) in [4.78, 5) is 24.6. The highest BCUT2D eigenvalue weighted by molar-refractivity contribution is 7.89. The topological polar surface area (TPSA) is 89.5 Å².